The summed E-state index contributed by atoms with van der Waals surface area (Å²) >= 11 is 0. The van der Waals surface area contributed by atoms with Crippen LogP contribution in [0.25, 0.3) is 0 Å². The normalized spacial score (nSPS) is 36.8. The Morgan fingerprint density at radius 3 is 2.88 bits per heavy atom. The summed E-state index contributed by atoms with van der Waals surface area (Å²) in [7, 11) is 0. The van der Waals surface area contributed by atoms with Gasteiger partial charge in [0.1, 0.15) is 0 Å². The molecule has 17 heavy (non-hydrogen) atoms. The smallest absolute Gasteiger partial charge is 0.0444 e. The Hall–Kier alpha value is -0.820. The first-order valence-electron chi connectivity index (χ1n) is 7.07. The van der Waals surface area contributed by atoms with Crippen molar-refractivity contribution in [1.82, 2.24) is 0 Å². The molecule has 1 aromatic carbocycles. The van der Waals surface area contributed by atoms with Crippen molar-refractivity contribution in [2.75, 3.05) is 0 Å². The summed E-state index contributed by atoms with van der Waals surface area (Å²) in [5.74, 6) is 1.57. The van der Waals surface area contributed by atoms with Crippen LogP contribution in [0.4, 0.5) is 0 Å². The van der Waals surface area contributed by atoms with Crippen LogP contribution < -0.4 is 5.73 Å². The molecular weight excluding hydrogens is 206 g/mol. The summed E-state index contributed by atoms with van der Waals surface area (Å²) in [6, 6.07) is 8.82. The molecule has 1 heteroatoms. The quantitative estimate of drug-likeness (QED) is 0.782. The molecule has 1 saturated carbocycles. The van der Waals surface area contributed by atoms with Crippen LogP contribution in [-0.2, 0) is 12.0 Å². The van der Waals surface area contributed by atoms with E-state index < -0.39 is 0 Å². The molecule has 0 bridgehead atoms. The van der Waals surface area contributed by atoms with Crippen molar-refractivity contribution < 1.29 is 0 Å². The molecule has 0 radical (unpaired) electrons. The summed E-state index contributed by atoms with van der Waals surface area (Å²) in [4.78, 5) is 0. The SMILES string of the molecule is CC1CCCC(C2(N)CCc3ccccc32)C1. The van der Waals surface area contributed by atoms with Gasteiger partial charge in [-0.2, -0.15) is 0 Å². The highest BCUT2D eigenvalue weighted by Gasteiger charge is 2.42. The molecule has 2 N–H and O–H groups in total. The molecule has 1 nitrogen and oxygen atoms in total. The molecule has 0 heterocycles. The molecule has 3 unspecified atom stereocenters. The van der Waals surface area contributed by atoms with Crippen LogP contribution in [0.1, 0.15) is 50.2 Å². The molecule has 92 valence electrons. The highest BCUT2D eigenvalue weighted by atomic mass is 14.8. The summed E-state index contributed by atoms with van der Waals surface area (Å²) in [5, 5.41) is 0. The number of rotatable bonds is 1. The van der Waals surface area contributed by atoms with Gasteiger partial charge in [-0.25, -0.2) is 0 Å². The molecule has 0 spiro atoms. The van der Waals surface area contributed by atoms with Crippen molar-refractivity contribution in [3.05, 3.63) is 35.4 Å². The van der Waals surface area contributed by atoms with E-state index in [1.54, 1.807) is 0 Å². The monoisotopic (exact) mass is 229 g/mol. The lowest BCUT2D eigenvalue weighted by molar-refractivity contribution is 0.171. The van der Waals surface area contributed by atoms with E-state index >= 15 is 0 Å². The molecular formula is C16H23N. The van der Waals surface area contributed by atoms with Crippen molar-refractivity contribution in [1.29, 1.82) is 0 Å². The molecule has 0 saturated heterocycles. The lowest BCUT2D eigenvalue weighted by Gasteiger charge is -2.39. The Balaban J connectivity index is 1.92. The van der Waals surface area contributed by atoms with Crippen LogP contribution in [0.3, 0.4) is 0 Å². The Morgan fingerprint density at radius 2 is 2.06 bits per heavy atom. The minimum absolute atomic E-state index is 0.0225. The maximum absolute atomic E-state index is 6.81. The molecule has 0 aliphatic heterocycles. The van der Waals surface area contributed by atoms with Gasteiger partial charge in [-0.05, 0) is 48.6 Å². The van der Waals surface area contributed by atoms with E-state index in [1.165, 1.54) is 43.2 Å². The van der Waals surface area contributed by atoms with E-state index in [0.29, 0.717) is 5.92 Å². The minimum Gasteiger partial charge on any atom is -0.321 e. The average molecular weight is 229 g/mol. The molecule has 3 rings (SSSR count). The standard InChI is InChI=1S/C16H23N/c1-12-5-4-7-14(11-12)16(17)10-9-13-6-2-3-8-15(13)16/h2-3,6,8,12,14H,4-5,7,9-11,17H2,1H3. The second kappa shape index (κ2) is 4.13. The van der Waals surface area contributed by atoms with Gasteiger partial charge in [0.15, 0.2) is 0 Å². The highest BCUT2D eigenvalue weighted by Crippen LogP contribution is 2.46. The summed E-state index contributed by atoms with van der Waals surface area (Å²) in [6.45, 7) is 2.39. The third-order valence-electron chi connectivity index (χ3n) is 4.99. The van der Waals surface area contributed by atoms with Gasteiger partial charge in [0.2, 0.25) is 0 Å². The second-order valence-electron chi connectivity index (χ2n) is 6.17. The van der Waals surface area contributed by atoms with Gasteiger partial charge in [-0.15, -0.1) is 0 Å². The lowest BCUT2D eigenvalue weighted by atomic mass is 9.69. The van der Waals surface area contributed by atoms with Crippen molar-refractivity contribution in [2.45, 2.75) is 51.0 Å². The van der Waals surface area contributed by atoms with Gasteiger partial charge < -0.3 is 5.73 Å². The topological polar surface area (TPSA) is 26.0 Å². The van der Waals surface area contributed by atoms with E-state index in [9.17, 15) is 0 Å². The van der Waals surface area contributed by atoms with Crippen molar-refractivity contribution in [2.24, 2.45) is 17.6 Å². The Kier molecular flexibility index (Phi) is 2.74. The largest absolute Gasteiger partial charge is 0.321 e. The van der Waals surface area contributed by atoms with Gasteiger partial charge >= 0.3 is 0 Å². The summed E-state index contributed by atoms with van der Waals surface area (Å²) in [6.07, 6.45) is 7.75. The first-order chi connectivity index (χ1) is 8.20. The maximum Gasteiger partial charge on any atom is 0.0444 e. The number of aryl methyl sites for hydroxylation is 1. The zero-order chi connectivity index (χ0) is 11.9. The van der Waals surface area contributed by atoms with Crippen molar-refractivity contribution in [3.63, 3.8) is 0 Å². The van der Waals surface area contributed by atoms with Gasteiger partial charge in [0.05, 0.1) is 0 Å². The van der Waals surface area contributed by atoms with E-state index in [2.05, 4.69) is 31.2 Å². The third kappa shape index (κ3) is 1.81. The van der Waals surface area contributed by atoms with E-state index in [1.807, 2.05) is 0 Å². The minimum atomic E-state index is -0.0225. The number of hydrogen-bond acceptors (Lipinski definition) is 1. The molecule has 1 fully saturated rings. The zero-order valence-electron chi connectivity index (χ0n) is 10.8. The fraction of sp³-hybridized carbons (Fsp3) is 0.625. The van der Waals surface area contributed by atoms with Gasteiger partial charge in [-0.3, -0.25) is 0 Å². The van der Waals surface area contributed by atoms with Crippen molar-refractivity contribution in [3.8, 4) is 0 Å². The predicted molar refractivity (Wildman–Crippen MR) is 71.8 cm³/mol. The third-order valence-corrected chi connectivity index (χ3v) is 4.99. The van der Waals surface area contributed by atoms with Crippen molar-refractivity contribution >= 4 is 0 Å². The lowest BCUT2D eigenvalue weighted by Crippen LogP contribution is -2.44. The second-order valence-corrected chi connectivity index (χ2v) is 6.17. The van der Waals surface area contributed by atoms with Crippen LogP contribution in [0.15, 0.2) is 24.3 Å². The van der Waals surface area contributed by atoms with E-state index in [-0.39, 0.29) is 5.54 Å². The molecule has 0 amide bonds. The summed E-state index contributed by atoms with van der Waals surface area (Å²) < 4.78 is 0. The highest BCUT2D eigenvalue weighted by molar-refractivity contribution is 5.39. The summed E-state index contributed by atoms with van der Waals surface area (Å²) in [5.41, 5.74) is 9.72. The Morgan fingerprint density at radius 1 is 1.24 bits per heavy atom. The maximum atomic E-state index is 6.81. The molecule has 0 aromatic heterocycles. The number of hydrogen-bond donors (Lipinski definition) is 1. The van der Waals surface area contributed by atoms with Gasteiger partial charge in [0.25, 0.3) is 0 Å². The Bertz CT molecular complexity index is 412. The van der Waals surface area contributed by atoms with Gasteiger partial charge in [0, 0.05) is 5.54 Å². The van der Waals surface area contributed by atoms with Crippen LogP contribution in [0, 0.1) is 11.8 Å². The molecule has 1 aromatic rings. The van der Waals surface area contributed by atoms with Crippen LogP contribution >= 0.6 is 0 Å². The number of fused-ring (bicyclic) bond motifs is 1. The van der Waals surface area contributed by atoms with Crippen LogP contribution in [0.2, 0.25) is 0 Å². The Labute approximate surface area is 104 Å². The fourth-order valence-electron chi connectivity index (χ4n) is 3.99. The average Bonchev–Trinajstić information content (AvgIpc) is 2.69. The zero-order valence-corrected chi connectivity index (χ0v) is 10.8. The molecule has 2 aliphatic carbocycles. The predicted octanol–water partition coefficient (Wildman–Crippen LogP) is 3.61. The van der Waals surface area contributed by atoms with E-state index in [4.69, 9.17) is 5.73 Å². The number of benzene rings is 1. The number of nitrogens with two attached hydrogens (primary N) is 1. The fourth-order valence-corrected chi connectivity index (χ4v) is 3.99. The van der Waals surface area contributed by atoms with Crippen LogP contribution in [-0.4, -0.2) is 0 Å². The molecule has 3 atom stereocenters. The van der Waals surface area contributed by atoms with Gasteiger partial charge in [-0.1, -0.05) is 44.0 Å². The van der Waals surface area contributed by atoms with Crippen LogP contribution in [0.5, 0.6) is 0 Å². The first kappa shape index (κ1) is 11.3. The van der Waals surface area contributed by atoms with E-state index in [0.717, 1.165) is 12.3 Å². The molecule has 2 aliphatic rings. The first-order valence-corrected chi connectivity index (χ1v) is 7.07.